The van der Waals surface area contributed by atoms with Gasteiger partial charge < -0.3 is 10.2 Å². The van der Waals surface area contributed by atoms with E-state index in [2.05, 4.69) is 36.5 Å². The van der Waals surface area contributed by atoms with Crippen molar-refractivity contribution in [1.29, 1.82) is 0 Å². The Morgan fingerprint density at radius 1 is 1.03 bits per heavy atom. The van der Waals surface area contributed by atoms with Gasteiger partial charge in [0.2, 0.25) is 5.91 Å². The minimum Gasteiger partial charge on any atom is -0.351 e. The van der Waals surface area contributed by atoms with Crippen molar-refractivity contribution >= 4 is 11.8 Å². The van der Waals surface area contributed by atoms with Gasteiger partial charge in [-0.1, -0.05) is 73.5 Å². The summed E-state index contributed by atoms with van der Waals surface area (Å²) in [6, 6.07) is 16.5. The average Bonchev–Trinajstić information content (AvgIpc) is 3.24. The first-order chi connectivity index (χ1) is 16.3. The molecule has 6 heteroatoms. The van der Waals surface area contributed by atoms with E-state index in [1.165, 1.54) is 5.56 Å². The number of hydrogen-bond donors (Lipinski definition) is 1. The summed E-state index contributed by atoms with van der Waals surface area (Å²) in [5.41, 5.74) is 5.74. The summed E-state index contributed by atoms with van der Waals surface area (Å²) < 4.78 is 1.86. The number of nitrogens with one attached hydrogen (secondary N) is 1. The number of rotatable bonds is 6. The van der Waals surface area contributed by atoms with Crippen molar-refractivity contribution in [1.82, 2.24) is 20.0 Å². The maximum absolute atomic E-state index is 13.7. The molecular formula is C28H34N4O2. The van der Waals surface area contributed by atoms with Crippen LogP contribution >= 0.6 is 0 Å². The molecule has 2 amide bonds. The maximum Gasteiger partial charge on any atom is 0.257 e. The van der Waals surface area contributed by atoms with E-state index in [1.54, 1.807) is 0 Å². The molecule has 0 radical (unpaired) electrons. The summed E-state index contributed by atoms with van der Waals surface area (Å²) in [5, 5.41) is 7.93. The fraction of sp³-hybridized carbons (Fsp3) is 0.393. The average molecular weight is 459 g/mol. The molecule has 0 bridgehead atoms. The standard InChI is InChI=1S/C28H34N4O2/c1-19(2)27(33)29-24-6-5-15-31(17-24)28(34)25-18-32(16-22-11-7-20(3)8-12-22)30-26(25)23-13-9-21(4)10-14-23/h7-14,18-19,24H,5-6,15-17H2,1-4H3,(H,29,33). The summed E-state index contributed by atoms with van der Waals surface area (Å²) in [5.74, 6) is -0.0704. The van der Waals surface area contributed by atoms with Gasteiger partial charge in [-0.15, -0.1) is 0 Å². The second-order valence-electron chi connectivity index (χ2n) is 9.69. The van der Waals surface area contributed by atoms with Crippen LogP contribution in [-0.4, -0.2) is 45.6 Å². The van der Waals surface area contributed by atoms with Crippen LogP contribution in [0.5, 0.6) is 0 Å². The molecule has 1 saturated heterocycles. The molecule has 1 unspecified atom stereocenters. The SMILES string of the molecule is Cc1ccc(Cn2cc(C(=O)N3CCCC(NC(=O)C(C)C)C3)c(-c3ccc(C)cc3)n2)cc1. The molecule has 6 nitrogen and oxygen atoms in total. The Balaban J connectivity index is 1.61. The van der Waals surface area contributed by atoms with Gasteiger partial charge in [-0.3, -0.25) is 14.3 Å². The fourth-order valence-corrected chi connectivity index (χ4v) is 4.28. The number of carbonyl (C=O) groups excluding carboxylic acids is 2. The Morgan fingerprint density at radius 2 is 1.68 bits per heavy atom. The molecule has 2 heterocycles. The number of piperidine rings is 1. The molecule has 1 aromatic heterocycles. The topological polar surface area (TPSA) is 67.2 Å². The lowest BCUT2D eigenvalue weighted by molar-refractivity contribution is -0.125. The Hall–Kier alpha value is -3.41. The van der Waals surface area contributed by atoms with E-state index in [0.29, 0.717) is 30.9 Å². The molecule has 0 aliphatic carbocycles. The highest BCUT2D eigenvalue weighted by molar-refractivity contribution is 6.00. The quantitative estimate of drug-likeness (QED) is 0.587. The summed E-state index contributed by atoms with van der Waals surface area (Å²) in [6.45, 7) is 9.69. The van der Waals surface area contributed by atoms with Gasteiger partial charge >= 0.3 is 0 Å². The van der Waals surface area contributed by atoms with E-state index in [-0.39, 0.29) is 23.8 Å². The molecule has 3 aromatic rings. The molecule has 1 N–H and O–H groups in total. The minimum absolute atomic E-state index is 0.0157. The summed E-state index contributed by atoms with van der Waals surface area (Å²) in [7, 11) is 0. The molecular weight excluding hydrogens is 424 g/mol. The van der Waals surface area contributed by atoms with Gasteiger partial charge in [0.15, 0.2) is 0 Å². The Bertz CT molecular complexity index is 1150. The molecule has 0 spiro atoms. The third-order valence-electron chi connectivity index (χ3n) is 6.36. The highest BCUT2D eigenvalue weighted by Crippen LogP contribution is 2.26. The summed E-state index contributed by atoms with van der Waals surface area (Å²) in [4.78, 5) is 27.8. The number of aromatic nitrogens is 2. The van der Waals surface area contributed by atoms with Crippen LogP contribution in [0, 0.1) is 19.8 Å². The lowest BCUT2D eigenvalue weighted by Gasteiger charge is -2.33. The zero-order valence-corrected chi connectivity index (χ0v) is 20.5. The molecule has 1 atom stereocenters. The van der Waals surface area contributed by atoms with Crippen LogP contribution in [0.2, 0.25) is 0 Å². The number of amides is 2. The smallest absolute Gasteiger partial charge is 0.257 e. The van der Waals surface area contributed by atoms with Crippen LogP contribution in [0.4, 0.5) is 0 Å². The van der Waals surface area contributed by atoms with Crippen molar-refractivity contribution in [2.75, 3.05) is 13.1 Å². The van der Waals surface area contributed by atoms with Crippen LogP contribution in [0.1, 0.15) is 53.7 Å². The van der Waals surface area contributed by atoms with Crippen molar-refractivity contribution in [2.24, 2.45) is 5.92 Å². The fourth-order valence-electron chi connectivity index (χ4n) is 4.28. The molecule has 1 aliphatic heterocycles. The van der Waals surface area contributed by atoms with Crippen LogP contribution in [0.25, 0.3) is 11.3 Å². The van der Waals surface area contributed by atoms with Gasteiger partial charge in [0, 0.05) is 36.8 Å². The zero-order chi connectivity index (χ0) is 24.2. The number of aryl methyl sites for hydroxylation is 2. The Labute approximate surface area is 202 Å². The third-order valence-corrected chi connectivity index (χ3v) is 6.36. The lowest BCUT2D eigenvalue weighted by atomic mass is 10.0. The summed E-state index contributed by atoms with van der Waals surface area (Å²) in [6.07, 6.45) is 3.62. The zero-order valence-electron chi connectivity index (χ0n) is 20.5. The van der Waals surface area contributed by atoms with Gasteiger partial charge in [-0.25, -0.2) is 0 Å². The van der Waals surface area contributed by atoms with Crippen molar-refractivity contribution in [3.63, 3.8) is 0 Å². The lowest BCUT2D eigenvalue weighted by Crippen LogP contribution is -2.50. The maximum atomic E-state index is 13.7. The largest absolute Gasteiger partial charge is 0.351 e. The number of likely N-dealkylation sites (tertiary alicyclic amines) is 1. The number of benzene rings is 2. The second kappa shape index (κ2) is 10.2. The first-order valence-corrected chi connectivity index (χ1v) is 12.1. The van der Waals surface area contributed by atoms with Crippen LogP contribution in [-0.2, 0) is 11.3 Å². The van der Waals surface area contributed by atoms with E-state index in [0.717, 1.165) is 29.5 Å². The Kier molecular flexibility index (Phi) is 7.15. The molecule has 0 saturated carbocycles. The molecule has 4 rings (SSSR count). The predicted octanol–water partition coefficient (Wildman–Crippen LogP) is 4.59. The van der Waals surface area contributed by atoms with E-state index in [1.807, 2.05) is 60.8 Å². The molecule has 1 fully saturated rings. The van der Waals surface area contributed by atoms with Gasteiger partial charge in [-0.2, -0.15) is 5.10 Å². The number of hydrogen-bond acceptors (Lipinski definition) is 3. The highest BCUT2D eigenvalue weighted by atomic mass is 16.2. The monoisotopic (exact) mass is 458 g/mol. The van der Waals surface area contributed by atoms with Gasteiger partial charge in [0.05, 0.1) is 12.1 Å². The predicted molar refractivity (Wildman–Crippen MR) is 135 cm³/mol. The highest BCUT2D eigenvalue weighted by Gasteiger charge is 2.29. The molecule has 34 heavy (non-hydrogen) atoms. The molecule has 2 aromatic carbocycles. The normalized spacial score (nSPS) is 16.0. The molecule has 178 valence electrons. The number of nitrogens with zero attached hydrogens (tertiary/aromatic N) is 3. The van der Waals surface area contributed by atoms with Gasteiger partial charge in [0.1, 0.15) is 5.69 Å². The summed E-state index contributed by atoms with van der Waals surface area (Å²) >= 11 is 0. The van der Waals surface area contributed by atoms with Crippen molar-refractivity contribution < 1.29 is 9.59 Å². The number of carbonyl (C=O) groups is 2. The Morgan fingerprint density at radius 3 is 2.32 bits per heavy atom. The first-order valence-electron chi connectivity index (χ1n) is 12.1. The van der Waals surface area contributed by atoms with E-state index in [9.17, 15) is 9.59 Å². The van der Waals surface area contributed by atoms with Crippen LogP contribution < -0.4 is 5.32 Å². The second-order valence-corrected chi connectivity index (χ2v) is 9.69. The van der Waals surface area contributed by atoms with Crippen molar-refractivity contribution in [3.05, 3.63) is 77.0 Å². The van der Waals surface area contributed by atoms with Crippen molar-refractivity contribution in [2.45, 2.75) is 53.1 Å². The van der Waals surface area contributed by atoms with E-state index >= 15 is 0 Å². The van der Waals surface area contributed by atoms with Gasteiger partial charge in [-0.05, 0) is 32.3 Å². The van der Waals surface area contributed by atoms with E-state index in [4.69, 9.17) is 5.10 Å². The van der Waals surface area contributed by atoms with Gasteiger partial charge in [0.25, 0.3) is 5.91 Å². The minimum atomic E-state index is -0.0702. The van der Waals surface area contributed by atoms with Crippen molar-refractivity contribution in [3.8, 4) is 11.3 Å². The third kappa shape index (κ3) is 5.56. The van der Waals surface area contributed by atoms with E-state index < -0.39 is 0 Å². The molecule has 1 aliphatic rings. The first kappa shape index (κ1) is 23.7. The van der Waals surface area contributed by atoms with Crippen LogP contribution in [0.3, 0.4) is 0 Å². The van der Waals surface area contributed by atoms with Crippen LogP contribution in [0.15, 0.2) is 54.7 Å².